The first kappa shape index (κ1) is 18.5. The molecule has 2 aromatic carbocycles. The van der Waals surface area contributed by atoms with Crippen molar-refractivity contribution in [1.29, 1.82) is 0 Å². The van der Waals surface area contributed by atoms with Gasteiger partial charge in [0.1, 0.15) is 4.90 Å². The van der Waals surface area contributed by atoms with Crippen molar-refractivity contribution in [3.63, 3.8) is 0 Å². The molecule has 2 aromatic rings. The van der Waals surface area contributed by atoms with Crippen LogP contribution in [0.3, 0.4) is 0 Å². The Balaban J connectivity index is 2.54. The van der Waals surface area contributed by atoms with E-state index in [0.717, 1.165) is 18.2 Å². The third-order valence-corrected chi connectivity index (χ3v) is 4.77. The minimum absolute atomic E-state index is 0.0718. The minimum Gasteiger partial charge on any atom is -0.378 e. The van der Waals surface area contributed by atoms with Crippen molar-refractivity contribution < 1.29 is 30.6 Å². The summed E-state index contributed by atoms with van der Waals surface area (Å²) in [4.78, 5) is 10.6. The summed E-state index contributed by atoms with van der Waals surface area (Å²) >= 11 is 3.12. The Morgan fingerprint density at radius 2 is 1.75 bits per heavy atom. The van der Waals surface area contributed by atoms with Crippen molar-refractivity contribution in [3.05, 3.63) is 58.1 Å². The standard InChI is InChI=1S/C15H10BrF3O4S/c1-9(20)11-8-10(16)6-7-13(11)23-24(21,22)14-5-3-2-4-12(14)15(17,18)19/h2-8H,1H3. The Morgan fingerprint density at radius 3 is 2.33 bits per heavy atom. The molecular formula is C15H10BrF3O4S. The zero-order valence-electron chi connectivity index (χ0n) is 12.1. The van der Waals surface area contributed by atoms with Crippen LogP contribution in [0.25, 0.3) is 0 Å². The molecule has 0 heterocycles. The lowest BCUT2D eigenvalue weighted by Gasteiger charge is -2.14. The van der Waals surface area contributed by atoms with E-state index >= 15 is 0 Å². The summed E-state index contributed by atoms with van der Waals surface area (Å²) in [6.45, 7) is 1.19. The molecule has 0 fully saturated rings. The van der Waals surface area contributed by atoms with Crippen LogP contribution >= 0.6 is 15.9 Å². The van der Waals surface area contributed by atoms with Crippen LogP contribution in [0.1, 0.15) is 22.8 Å². The maximum Gasteiger partial charge on any atom is 0.417 e. The van der Waals surface area contributed by atoms with Gasteiger partial charge in [0.15, 0.2) is 11.5 Å². The largest absolute Gasteiger partial charge is 0.417 e. The molecule has 0 saturated carbocycles. The second-order valence-corrected chi connectivity index (χ2v) is 7.16. The monoisotopic (exact) mass is 422 g/mol. The topological polar surface area (TPSA) is 60.4 Å². The van der Waals surface area contributed by atoms with E-state index in [1.807, 2.05) is 0 Å². The van der Waals surface area contributed by atoms with Gasteiger partial charge in [-0.05, 0) is 37.3 Å². The van der Waals surface area contributed by atoms with Crippen molar-refractivity contribution in [2.75, 3.05) is 0 Å². The molecule has 24 heavy (non-hydrogen) atoms. The molecule has 4 nitrogen and oxygen atoms in total. The molecule has 0 unspecified atom stereocenters. The number of alkyl halides is 3. The first-order valence-corrected chi connectivity index (χ1v) is 8.63. The van der Waals surface area contributed by atoms with E-state index in [2.05, 4.69) is 15.9 Å². The van der Waals surface area contributed by atoms with Gasteiger partial charge in [0.2, 0.25) is 0 Å². The molecule has 0 atom stereocenters. The molecule has 9 heteroatoms. The van der Waals surface area contributed by atoms with Gasteiger partial charge in [-0.15, -0.1) is 0 Å². The van der Waals surface area contributed by atoms with E-state index in [4.69, 9.17) is 4.18 Å². The zero-order valence-corrected chi connectivity index (χ0v) is 14.5. The maximum atomic E-state index is 13.0. The van der Waals surface area contributed by atoms with Crippen LogP contribution in [-0.4, -0.2) is 14.2 Å². The molecule has 0 aliphatic carbocycles. The SMILES string of the molecule is CC(=O)c1cc(Br)ccc1OS(=O)(=O)c1ccccc1C(F)(F)F. The quantitative estimate of drug-likeness (QED) is 0.539. The maximum absolute atomic E-state index is 13.0. The first-order valence-electron chi connectivity index (χ1n) is 6.43. The molecular weight excluding hydrogens is 413 g/mol. The summed E-state index contributed by atoms with van der Waals surface area (Å²) in [5.74, 6) is -0.840. The molecule has 2 rings (SSSR count). The van der Waals surface area contributed by atoms with Crippen molar-refractivity contribution in [1.82, 2.24) is 0 Å². The number of hydrogen-bond acceptors (Lipinski definition) is 4. The molecule has 0 bridgehead atoms. The number of halogens is 4. The lowest BCUT2D eigenvalue weighted by molar-refractivity contribution is -0.139. The van der Waals surface area contributed by atoms with Gasteiger partial charge in [-0.3, -0.25) is 4.79 Å². The number of Topliss-reactive ketones (excluding diaryl/α,β-unsaturated/α-hetero) is 1. The van der Waals surface area contributed by atoms with E-state index in [9.17, 15) is 26.4 Å². The Kier molecular flexibility index (Phi) is 5.05. The van der Waals surface area contributed by atoms with Crippen LogP contribution in [-0.2, 0) is 16.3 Å². The molecule has 0 radical (unpaired) electrons. The van der Waals surface area contributed by atoms with Gasteiger partial charge in [-0.1, -0.05) is 28.1 Å². The van der Waals surface area contributed by atoms with Gasteiger partial charge < -0.3 is 4.18 Å². The number of benzene rings is 2. The summed E-state index contributed by atoms with van der Waals surface area (Å²) in [5, 5.41) is 0. The van der Waals surface area contributed by atoms with Crippen molar-refractivity contribution in [2.45, 2.75) is 18.0 Å². The molecule has 0 N–H and O–H groups in total. The Labute approximate surface area is 144 Å². The second kappa shape index (κ2) is 6.56. The fourth-order valence-electron chi connectivity index (χ4n) is 1.93. The van der Waals surface area contributed by atoms with Crippen LogP contribution < -0.4 is 4.18 Å². The summed E-state index contributed by atoms with van der Waals surface area (Å²) < 4.78 is 68.9. The second-order valence-electron chi connectivity index (χ2n) is 4.73. The number of carbonyl (C=O) groups is 1. The third-order valence-electron chi connectivity index (χ3n) is 2.98. The lowest BCUT2D eigenvalue weighted by Crippen LogP contribution is -2.18. The number of hydrogen-bond donors (Lipinski definition) is 0. The Morgan fingerprint density at radius 1 is 1.12 bits per heavy atom. The number of rotatable bonds is 4. The highest BCUT2D eigenvalue weighted by molar-refractivity contribution is 9.10. The highest BCUT2D eigenvalue weighted by atomic mass is 79.9. The predicted molar refractivity (Wildman–Crippen MR) is 83.4 cm³/mol. The van der Waals surface area contributed by atoms with Crippen LogP contribution in [0, 0.1) is 0 Å². The van der Waals surface area contributed by atoms with E-state index < -0.39 is 32.5 Å². The third kappa shape index (κ3) is 3.96. The lowest BCUT2D eigenvalue weighted by atomic mass is 10.1. The van der Waals surface area contributed by atoms with Gasteiger partial charge in [-0.25, -0.2) is 0 Å². The number of ketones is 1. The van der Waals surface area contributed by atoms with Crippen LogP contribution in [0.4, 0.5) is 13.2 Å². The molecule has 0 spiro atoms. The highest BCUT2D eigenvalue weighted by Crippen LogP contribution is 2.35. The molecule has 0 aliphatic rings. The zero-order chi connectivity index (χ0) is 18.1. The fourth-order valence-corrected chi connectivity index (χ4v) is 3.46. The molecule has 0 amide bonds. The van der Waals surface area contributed by atoms with Crippen molar-refractivity contribution in [2.24, 2.45) is 0 Å². The normalized spacial score (nSPS) is 12.0. The average Bonchev–Trinajstić information content (AvgIpc) is 2.48. The van der Waals surface area contributed by atoms with Gasteiger partial charge in [-0.2, -0.15) is 21.6 Å². The van der Waals surface area contributed by atoms with Crippen molar-refractivity contribution in [3.8, 4) is 5.75 Å². The van der Waals surface area contributed by atoms with Gasteiger partial charge in [0, 0.05) is 4.47 Å². The van der Waals surface area contributed by atoms with Gasteiger partial charge in [0.25, 0.3) is 0 Å². The summed E-state index contributed by atoms with van der Waals surface area (Å²) in [6, 6.07) is 7.58. The van der Waals surface area contributed by atoms with Crippen LogP contribution in [0.15, 0.2) is 51.8 Å². The molecule has 0 aromatic heterocycles. The highest BCUT2D eigenvalue weighted by Gasteiger charge is 2.37. The van der Waals surface area contributed by atoms with E-state index in [0.29, 0.717) is 10.5 Å². The van der Waals surface area contributed by atoms with Crippen molar-refractivity contribution >= 4 is 31.8 Å². The van der Waals surface area contributed by atoms with Gasteiger partial charge >= 0.3 is 16.3 Å². The Hall–Kier alpha value is -1.87. The molecule has 128 valence electrons. The van der Waals surface area contributed by atoms with E-state index in [1.54, 1.807) is 0 Å². The van der Waals surface area contributed by atoms with E-state index in [1.165, 1.54) is 25.1 Å². The molecule has 0 aliphatic heterocycles. The predicted octanol–water partition coefficient (Wildman–Crippen LogP) is 4.44. The van der Waals surface area contributed by atoms with Crippen LogP contribution in [0.2, 0.25) is 0 Å². The van der Waals surface area contributed by atoms with Gasteiger partial charge in [0.05, 0.1) is 11.1 Å². The Bertz CT molecular complexity index is 892. The van der Waals surface area contributed by atoms with E-state index in [-0.39, 0.29) is 11.3 Å². The van der Waals surface area contributed by atoms with Crippen LogP contribution in [0.5, 0.6) is 5.75 Å². The fraction of sp³-hybridized carbons (Fsp3) is 0.133. The summed E-state index contributed by atoms with van der Waals surface area (Å²) in [7, 11) is -4.78. The summed E-state index contributed by atoms with van der Waals surface area (Å²) in [5.41, 5.74) is -1.41. The summed E-state index contributed by atoms with van der Waals surface area (Å²) in [6.07, 6.45) is -4.86. The average molecular weight is 423 g/mol. The first-order chi connectivity index (χ1) is 11.0. The minimum atomic E-state index is -4.86. The smallest absolute Gasteiger partial charge is 0.378 e. The molecule has 0 saturated heterocycles. The number of carbonyl (C=O) groups excluding carboxylic acids is 1.